The van der Waals surface area contributed by atoms with E-state index in [0.717, 1.165) is 11.3 Å². The Bertz CT molecular complexity index is 846. The van der Waals surface area contributed by atoms with Crippen molar-refractivity contribution in [1.82, 2.24) is 20.3 Å². The van der Waals surface area contributed by atoms with Gasteiger partial charge in [0.05, 0.1) is 17.9 Å². The van der Waals surface area contributed by atoms with Crippen LogP contribution in [0.5, 0.6) is 0 Å². The molecule has 0 aliphatic rings. The van der Waals surface area contributed by atoms with Crippen LogP contribution in [0.15, 0.2) is 54.7 Å². The summed E-state index contributed by atoms with van der Waals surface area (Å²) >= 11 is 5.85. The van der Waals surface area contributed by atoms with Crippen molar-refractivity contribution in [3.63, 3.8) is 0 Å². The van der Waals surface area contributed by atoms with E-state index < -0.39 is 0 Å². The van der Waals surface area contributed by atoms with Crippen molar-refractivity contribution in [2.75, 3.05) is 0 Å². The van der Waals surface area contributed by atoms with E-state index in [4.69, 9.17) is 11.6 Å². The van der Waals surface area contributed by atoms with Crippen LogP contribution in [-0.4, -0.2) is 20.9 Å². The zero-order valence-electron chi connectivity index (χ0n) is 12.8. The van der Waals surface area contributed by atoms with Crippen molar-refractivity contribution in [2.24, 2.45) is 0 Å². The van der Waals surface area contributed by atoms with Crippen molar-refractivity contribution in [3.8, 4) is 5.69 Å². The number of benzene rings is 2. The first kappa shape index (κ1) is 16.1. The number of carbonyl (C=O) groups excluding carboxylic acids is 1. The third kappa shape index (κ3) is 3.60. The van der Waals surface area contributed by atoms with Crippen LogP contribution >= 0.6 is 11.6 Å². The summed E-state index contributed by atoms with van der Waals surface area (Å²) < 4.78 is 14.4. The van der Waals surface area contributed by atoms with Gasteiger partial charge in [0.25, 0.3) is 5.91 Å². The molecule has 24 heavy (non-hydrogen) atoms. The average molecular weight is 345 g/mol. The van der Waals surface area contributed by atoms with Crippen LogP contribution in [-0.2, 0) is 0 Å². The maximum Gasteiger partial charge on any atom is 0.273 e. The molecule has 1 N–H and O–H groups in total. The fourth-order valence-electron chi connectivity index (χ4n) is 2.19. The zero-order valence-corrected chi connectivity index (χ0v) is 13.5. The normalized spacial score (nSPS) is 12.0. The molecule has 0 aliphatic carbocycles. The molecule has 0 fully saturated rings. The van der Waals surface area contributed by atoms with Crippen molar-refractivity contribution in [3.05, 3.63) is 76.8 Å². The van der Waals surface area contributed by atoms with Crippen molar-refractivity contribution < 1.29 is 9.18 Å². The Kier molecular flexibility index (Phi) is 4.57. The maximum absolute atomic E-state index is 12.9. The molecule has 1 heterocycles. The molecule has 122 valence electrons. The molecule has 1 atom stereocenters. The summed E-state index contributed by atoms with van der Waals surface area (Å²) in [5.41, 5.74) is 1.74. The van der Waals surface area contributed by atoms with E-state index in [2.05, 4.69) is 15.6 Å². The Morgan fingerprint density at radius 1 is 1.17 bits per heavy atom. The second-order valence-electron chi connectivity index (χ2n) is 5.27. The molecule has 3 rings (SSSR count). The molecule has 0 radical (unpaired) electrons. The second kappa shape index (κ2) is 6.80. The van der Waals surface area contributed by atoms with E-state index in [-0.39, 0.29) is 23.5 Å². The molecule has 7 heteroatoms. The first-order valence-corrected chi connectivity index (χ1v) is 7.65. The highest BCUT2D eigenvalue weighted by molar-refractivity contribution is 6.30. The molecule has 0 saturated carbocycles. The fraction of sp³-hybridized carbons (Fsp3) is 0.118. The smallest absolute Gasteiger partial charge is 0.273 e. The largest absolute Gasteiger partial charge is 0.344 e. The van der Waals surface area contributed by atoms with Crippen LogP contribution in [0.3, 0.4) is 0 Å². The Hall–Kier alpha value is -2.73. The van der Waals surface area contributed by atoms with Gasteiger partial charge in [-0.1, -0.05) is 28.9 Å². The van der Waals surface area contributed by atoms with Crippen LogP contribution < -0.4 is 5.32 Å². The number of hydrogen-bond acceptors (Lipinski definition) is 3. The van der Waals surface area contributed by atoms with Crippen molar-refractivity contribution in [1.29, 1.82) is 0 Å². The summed E-state index contributed by atoms with van der Waals surface area (Å²) in [5, 5.41) is 11.2. The monoisotopic (exact) mass is 344 g/mol. The lowest BCUT2D eigenvalue weighted by molar-refractivity contribution is 0.0935. The standard InChI is InChI=1S/C17H14ClFN4O/c1-11(12-2-6-14(19)7-3-12)20-17(24)16-10-23(22-21-16)15-8-4-13(18)5-9-15/h2-11H,1H3,(H,20,24)/t11-/m1/s1. The topological polar surface area (TPSA) is 59.8 Å². The predicted octanol–water partition coefficient (Wildman–Crippen LogP) is 3.55. The first-order valence-electron chi connectivity index (χ1n) is 7.27. The van der Waals surface area contributed by atoms with Crippen LogP contribution in [0.2, 0.25) is 5.02 Å². The molecule has 0 unspecified atom stereocenters. The van der Waals surface area contributed by atoms with E-state index >= 15 is 0 Å². The van der Waals surface area contributed by atoms with Crippen LogP contribution in [0, 0.1) is 5.82 Å². The van der Waals surface area contributed by atoms with Gasteiger partial charge in [-0.2, -0.15) is 0 Å². The number of carbonyl (C=O) groups is 1. The highest BCUT2D eigenvalue weighted by Crippen LogP contribution is 2.15. The number of aromatic nitrogens is 3. The molecule has 0 saturated heterocycles. The van der Waals surface area contributed by atoms with E-state index in [1.54, 1.807) is 36.4 Å². The molecule has 1 aromatic heterocycles. The number of nitrogens with zero attached hydrogens (tertiary/aromatic N) is 3. The van der Waals surface area contributed by atoms with Gasteiger partial charge >= 0.3 is 0 Å². The maximum atomic E-state index is 12.9. The van der Waals surface area contributed by atoms with E-state index in [1.165, 1.54) is 23.0 Å². The van der Waals surface area contributed by atoms with Gasteiger partial charge in [-0.05, 0) is 48.9 Å². The molecular formula is C17H14ClFN4O. The number of halogens is 2. The average Bonchev–Trinajstić information content (AvgIpc) is 3.06. The summed E-state index contributed by atoms with van der Waals surface area (Å²) in [5.74, 6) is -0.671. The minimum atomic E-state index is -0.355. The molecule has 0 bridgehead atoms. The summed E-state index contributed by atoms with van der Waals surface area (Å²) in [6, 6.07) is 12.7. The van der Waals surface area contributed by atoms with E-state index in [0.29, 0.717) is 5.02 Å². The minimum Gasteiger partial charge on any atom is -0.344 e. The number of hydrogen-bond donors (Lipinski definition) is 1. The van der Waals surface area contributed by atoms with E-state index in [1.807, 2.05) is 6.92 Å². The molecule has 3 aromatic rings. The third-order valence-corrected chi connectivity index (χ3v) is 3.79. The Morgan fingerprint density at radius 2 is 1.83 bits per heavy atom. The zero-order chi connectivity index (χ0) is 17.1. The summed E-state index contributed by atoms with van der Waals surface area (Å²) in [7, 11) is 0. The lowest BCUT2D eigenvalue weighted by Gasteiger charge is -2.13. The van der Waals surface area contributed by atoms with Gasteiger partial charge in [0, 0.05) is 5.02 Å². The Balaban J connectivity index is 1.71. The minimum absolute atomic E-state index is 0.193. The fourth-order valence-corrected chi connectivity index (χ4v) is 2.32. The van der Waals surface area contributed by atoms with Crippen molar-refractivity contribution in [2.45, 2.75) is 13.0 Å². The van der Waals surface area contributed by atoms with Gasteiger partial charge < -0.3 is 5.32 Å². The number of rotatable bonds is 4. The van der Waals surface area contributed by atoms with Gasteiger partial charge in [0.2, 0.25) is 0 Å². The number of nitrogens with one attached hydrogen (secondary N) is 1. The molecule has 0 spiro atoms. The number of amides is 1. The quantitative estimate of drug-likeness (QED) is 0.787. The Labute approximate surface area is 143 Å². The highest BCUT2D eigenvalue weighted by Gasteiger charge is 2.15. The Morgan fingerprint density at radius 3 is 2.50 bits per heavy atom. The predicted molar refractivity (Wildman–Crippen MR) is 88.7 cm³/mol. The summed E-state index contributed by atoms with van der Waals surface area (Å²) in [4.78, 5) is 12.3. The molecule has 0 aliphatic heterocycles. The van der Waals surface area contributed by atoms with Gasteiger partial charge in [-0.25, -0.2) is 9.07 Å². The first-order chi connectivity index (χ1) is 11.5. The van der Waals surface area contributed by atoms with E-state index in [9.17, 15) is 9.18 Å². The van der Waals surface area contributed by atoms with Gasteiger partial charge in [0.1, 0.15) is 5.82 Å². The molecule has 5 nitrogen and oxygen atoms in total. The SMILES string of the molecule is C[C@@H](NC(=O)c1cn(-c2ccc(Cl)cc2)nn1)c1ccc(F)cc1. The lowest BCUT2D eigenvalue weighted by atomic mass is 10.1. The van der Waals surface area contributed by atoms with Gasteiger partial charge in [0.15, 0.2) is 5.69 Å². The summed E-state index contributed by atoms with van der Waals surface area (Å²) in [6.07, 6.45) is 1.54. The van der Waals surface area contributed by atoms with Crippen LogP contribution in [0.1, 0.15) is 29.0 Å². The molecule has 1 amide bonds. The molecular weight excluding hydrogens is 331 g/mol. The second-order valence-corrected chi connectivity index (χ2v) is 5.71. The van der Waals surface area contributed by atoms with Crippen LogP contribution in [0.25, 0.3) is 5.69 Å². The van der Waals surface area contributed by atoms with Crippen molar-refractivity contribution >= 4 is 17.5 Å². The van der Waals surface area contributed by atoms with Crippen LogP contribution in [0.4, 0.5) is 4.39 Å². The molecule has 2 aromatic carbocycles. The highest BCUT2D eigenvalue weighted by atomic mass is 35.5. The van der Waals surface area contributed by atoms with Gasteiger partial charge in [-0.15, -0.1) is 5.10 Å². The lowest BCUT2D eigenvalue weighted by Crippen LogP contribution is -2.27. The third-order valence-electron chi connectivity index (χ3n) is 3.53. The van der Waals surface area contributed by atoms with Gasteiger partial charge in [-0.3, -0.25) is 4.79 Å². The summed E-state index contributed by atoms with van der Waals surface area (Å²) in [6.45, 7) is 1.81.